The first-order chi connectivity index (χ1) is 16.4. The highest BCUT2D eigenvalue weighted by atomic mass is 32.1. The zero-order valence-corrected chi connectivity index (χ0v) is 19.1. The first kappa shape index (κ1) is 21.8. The van der Waals surface area contributed by atoms with Crippen LogP contribution in [0.3, 0.4) is 0 Å². The number of aliphatic hydroxyl groups excluding tert-OH is 1. The monoisotopic (exact) mass is 474 g/mol. The van der Waals surface area contributed by atoms with Crippen LogP contribution in [0.2, 0.25) is 0 Å². The molecule has 1 atom stereocenters. The third kappa shape index (κ3) is 3.52. The molecule has 6 nitrogen and oxygen atoms in total. The van der Waals surface area contributed by atoms with E-state index in [1.54, 1.807) is 24.3 Å². The summed E-state index contributed by atoms with van der Waals surface area (Å²) in [6.07, 6.45) is 0. The topological polar surface area (TPSA) is 79.7 Å². The number of fused-ring (bicyclic) bond motifs is 1. The minimum atomic E-state index is -0.983. The van der Waals surface area contributed by atoms with E-state index in [4.69, 9.17) is 4.74 Å². The normalized spacial score (nSPS) is 17.5. The zero-order valence-electron chi connectivity index (χ0n) is 18.3. The van der Waals surface area contributed by atoms with E-state index in [2.05, 4.69) is 4.98 Å². The van der Waals surface area contributed by atoms with E-state index in [1.165, 1.54) is 47.6 Å². The maximum Gasteiger partial charge on any atom is 0.301 e. The number of rotatable bonds is 4. The second-order valence-electron chi connectivity index (χ2n) is 7.89. The molecule has 3 aromatic carbocycles. The molecule has 1 aliphatic heterocycles. The Morgan fingerprint density at radius 3 is 2.56 bits per heavy atom. The minimum Gasteiger partial charge on any atom is -0.507 e. The van der Waals surface area contributed by atoms with Gasteiger partial charge in [0.15, 0.2) is 5.13 Å². The number of Topliss-reactive ketones (excluding diaryl/α,β-unsaturated/α-hetero) is 1. The lowest BCUT2D eigenvalue weighted by Crippen LogP contribution is -2.29. The van der Waals surface area contributed by atoms with Gasteiger partial charge in [-0.2, -0.15) is 0 Å². The number of ether oxygens (including phenoxy) is 1. The van der Waals surface area contributed by atoms with Crippen molar-refractivity contribution in [1.82, 2.24) is 4.98 Å². The van der Waals surface area contributed by atoms with E-state index in [0.29, 0.717) is 22.0 Å². The van der Waals surface area contributed by atoms with Crippen molar-refractivity contribution in [2.24, 2.45) is 0 Å². The molecule has 2 heterocycles. The molecular formula is C26H19FN2O4S. The molecule has 1 aliphatic rings. The Morgan fingerprint density at radius 2 is 1.82 bits per heavy atom. The molecule has 34 heavy (non-hydrogen) atoms. The Kier molecular flexibility index (Phi) is 5.37. The fourth-order valence-corrected chi connectivity index (χ4v) is 5.19. The fourth-order valence-electron chi connectivity index (χ4n) is 4.10. The van der Waals surface area contributed by atoms with Crippen LogP contribution in [0, 0.1) is 12.7 Å². The molecule has 0 aliphatic carbocycles. The van der Waals surface area contributed by atoms with Crippen molar-refractivity contribution in [2.75, 3.05) is 12.0 Å². The third-order valence-electron chi connectivity index (χ3n) is 5.73. The number of amides is 1. The van der Waals surface area contributed by atoms with Crippen molar-refractivity contribution in [2.45, 2.75) is 13.0 Å². The highest BCUT2D eigenvalue weighted by molar-refractivity contribution is 7.22. The van der Waals surface area contributed by atoms with Gasteiger partial charge >= 0.3 is 5.91 Å². The summed E-state index contributed by atoms with van der Waals surface area (Å²) in [5.74, 6) is -2.10. The van der Waals surface area contributed by atoms with Crippen LogP contribution in [0.15, 0.2) is 72.3 Å². The van der Waals surface area contributed by atoms with Crippen molar-refractivity contribution >= 4 is 44.1 Å². The van der Waals surface area contributed by atoms with E-state index < -0.39 is 29.3 Å². The quantitative estimate of drug-likeness (QED) is 0.244. The lowest BCUT2D eigenvalue weighted by Gasteiger charge is -2.24. The van der Waals surface area contributed by atoms with Gasteiger partial charge < -0.3 is 9.84 Å². The van der Waals surface area contributed by atoms with Gasteiger partial charge in [-0.25, -0.2) is 9.37 Å². The van der Waals surface area contributed by atoms with Gasteiger partial charge in [-0.3, -0.25) is 14.5 Å². The molecule has 0 saturated carbocycles. The molecule has 0 spiro atoms. The molecular weight excluding hydrogens is 455 g/mol. The van der Waals surface area contributed by atoms with E-state index in [9.17, 15) is 19.1 Å². The maximum absolute atomic E-state index is 13.5. The third-order valence-corrected chi connectivity index (χ3v) is 6.75. The van der Waals surface area contributed by atoms with Crippen LogP contribution < -0.4 is 9.64 Å². The van der Waals surface area contributed by atoms with Crippen molar-refractivity contribution in [3.8, 4) is 5.75 Å². The van der Waals surface area contributed by atoms with Crippen LogP contribution in [-0.4, -0.2) is 28.9 Å². The number of ketones is 1. The van der Waals surface area contributed by atoms with Crippen LogP contribution in [0.5, 0.6) is 5.75 Å². The van der Waals surface area contributed by atoms with Crippen molar-refractivity contribution < 1.29 is 23.8 Å². The average Bonchev–Trinajstić information content (AvgIpc) is 3.36. The molecule has 5 rings (SSSR count). The number of aromatic nitrogens is 1. The van der Waals surface area contributed by atoms with Gasteiger partial charge in [0.25, 0.3) is 5.78 Å². The van der Waals surface area contributed by atoms with Gasteiger partial charge in [0, 0.05) is 11.1 Å². The Labute approximate surface area is 198 Å². The van der Waals surface area contributed by atoms with Crippen LogP contribution >= 0.6 is 11.3 Å². The number of para-hydroxylation sites is 1. The average molecular weight is 475 g/mol. The maximum atomic E-state index is 13.5. The largest absolute Gasteiger partial charge is 0.507 e. The lowest BCUT2D eigenvalue weighted by atomic mass is 9.94. The summed E-state index contributed by atoms with van der Waals surface area (Å²) in [6.45, 7) is 1.96. The highest BCUT2D eigenvalue weighted by Gasteiger charge is 2.49. The van der Waals surface area contributed by atoms with Gasteiger partial charge in [-0.05, 0) is 55.0 Å². The first-order valence-electron chi connectivity index (χ1n) is 10.5. The number of anilines is 1. The van der Waals surface area contributed by atoms with Gasteiger partial charge in [-0.15, -0.1) is 0 Å². The molecule has 1 fully saturated rings. The summed E-state index contributed by atoms with van der Waals surface area (Å²) in [5.41, 5.74) is 2.37. The van der Waals surface area contributed by atoms with Crippen LogP contribution in [-0.2, 0) is 9.59 Å². The molecule has 1 saturated heterocycles. The van der Waals surface area contributed by atoms with E-state index >= 15 is 0 Å². The molecule has 0 unspecified atom stereocenters. The molecule has 0 radical (unpaired) electrons. The van der Waals surface area contributed by atoms with Gasteiger partial charge in [0.1, 0.15) is 23.4 Å². The summed E-state index contributed by atoms with van der Waals surface area (Å²) in [6, 6.07) is 16.8. The second-order valence-corrected chi connectivity index (χ2v) is 8.89. The number of nitrogens with zero attached hydrogens (tertiary/aromatic N) is 2. The molecule has 1 aromatic heterocycles. The Morgan fingerprint density at radius 1 is 1.09 bits per heavy atom. The number of carbonyl (C=O) groups is 2. The molecule has 170 valence electrons. The van der Waals surface area contributed by atoms with Gasteiger partial charge in [0.05, 0.1) is 22.9 Å². The fraction of sp³-hybridized carbons (Fsp3) is 0.115. The molecule has 4 aromatic rings. The minimum absolute atomic E-state index is 0.114. The molecule has 1 N–H and O–H groups in total. The van der Waals surface area contributed by atoms with Gasteiger partial charge in [0.2, 0.25) is 0 Å². The molecule has 8 heteroatoms. The summed E-state index contributed by atoms with van der Waals surface area (Å²) in [7, 11) is 1.49. The SMILES string of the molecule is COc1ccccc1[C@H]1/C(=C(\O)c2ccc(F)cc2)C(=O)C(=O)N1c1nc2ccc(C)cc2s1. The van der Waals surface area contributed by atoms with Gasteiger partial charge in [-0.1, -0.05) is 35.6 Å². The van der Waals surface area contributed by atoms with Crippen molar-refractivity contribution in [3.05, 3.63) is 94.8 Å². The van der Waals surface area contributed by atoms with Crippen LogP contribution in [0.25, 0.3) is 16.0 Å². The van der Waals surface area contributed by atoms with E-state index in [0.717, 1.165) is 10.3 Å². The van der Waals surface area contributed by atoms with Crippen molar-refractivity contribution in [3.63, 3.8) is 0 Å². The Balaban J connectivity index is 1.76. The number of aryl methyl sites for hydroxylation is 1. The predicted octanol–water partition coefficient (Wildman–Crippen LogP) is 5.38. The van der Waals surface area contributed by atoms with E-state index in [-0.39, 0.29) is 11.1 Å². The predicted molar refractivity (Wildman–Crippen MR) is 129 cm³/mol. The number of carbonyl (C=O) groups excluding carboxylic acids is 2. The van der Waals surface area contributed by atoms with E-state index in [1.807, 2.05) is 25.1 Å². The molecule has 1 amide bonds. The summed E-state index contributed by atoms with van der Waals surface area (Å²) < 4.78 is 19.9. The highest BCUT2D eigenvalue weighted by Crippen LogP contribution is 2.46. The number of hydrogen-bond donors (Lipinski definition) is 1. The number of methoxy groups -OCH3 is 1. The number of halogens is 1. The summed E-state index contributed by atoms with van der Waals surface area (Å²) in [5, 5.41) is 11.5. The summed E-state index contributed by atoms with van der Waals surface area (Å²) in [4.78, 5) is 32.5. The Hall–Kier alpha value is -4.04. The smallest absolute Gasteiger partial charge is 0.301 e. The standard InChI is InChI=1S/C26H19FN2O4S/c1-14-7-12-18-20(13-14)34-26(28-18)29-22(17-5-3-4-6-19(17)33-2)21(24(31)25(29)32)23(30)15-8-10-16(27)11-9-15/h3-13,22,30H,1-2H3/b23-21+/t22-/m0/s1. The number of benzene rings is 3. The molecule has 0 bridgehead atoms. The van der Waals surface area contributed by atoms with Crippen molar-refractivity contribution in [1.29, 1.82) is 0 Å². The summed E-state index contributed by atoms with van der Waals surface area (Å²) >= 11 is 1.29. The Bertz CT molecular complexity index is 1480. The first-order valence-corrected chi connectivity index (χ1v) is 11.3. The van der Waals surface area contributed by atoms with Crippen LogP contribution in [0.4, 0.5) is 9.52 Å². The van der Waals surface area contributed by atoms with Crippen LogP contribution in [0.1, 0.15) is 22.7 Å². The second kappa shape index (κ2) is 8.39. The number of hydrogen-bond acceptors (Lipinski definition) is 6. The lowest BCUT2D eigenvalue weighted by molar-refractivity contribution is -0.132. The number of aliphatic hydroxyl groups is 1. The number of thiazole rings is 1. The zero-order chi connectivity index (χ0) is 24.0.